The van der Waals surface area contributed by atoms with Gasteiger partial charge in [-0.1, -0.05) is 30.3 Å². The van der Waals surface area contributed by atoms with Crippen molar-refractivity contribution >= 4 is 5.84 Å². The monoisotopic (exact) mass is 439 g/mol. The molecule has 0 saturated heterocycles. The molecule has 0 amide bonds. The number of amidine groups is 1. The maximum absolute atomic E-state index is 13.3. The molecule has 2 aromatic carbocycles. The molecule has 4 aromatic rings. The number of aromatic nitrogens is 3. The van der Waals surface area contributed by atoms with Crippen LogP contribution < -0.4 is 10.5 Å². The van der Waals surface area contributed by atoms with Crippen LogP contribution in [0.5, 0.6) is 5.75 Å². The molecule has 1 aliphatic rings. The first-order valence-corrected chi connectivity index (χ1v) is 10.6. The lowest BCUT2D eigenvalue weighted by atomic mass is 9.77. The Kier molecular flexibility index (Phi) is 5.30. The Balaban J connectivity index is 1.78. The summed E-state index contributed by atoms with van der Waals surface area (Å²) < 4.78 is 18.8. The SMILES string of the molecule is COc1ccc(C2(c3cccc(-c4cncnc4)c3)N=C(N)c3ncccc32)cc1CCF. The normalized spacial score (nSPS) is 16.8. The van der Waals surface area contributed by atoms with Gasteiger partial charge in [0.05, 0.1) is 13.8 Å². The van der Waals surface area contributed by atoms with Crippen molar-refractivity contribution in [2.75, 3.05) is 13.8 Å². The molecular weight excluding hydrogens is 417 g/mol. The van der Waals surface area contributed by atoms with Gasteiger partial charge in [-0.25, -0.2) is 15.0 Å². The Labute approximate surface area is 191 Å². The van der Waals surface area contributed by atoms with Crippen molar-refractivity contribution in [3.63, 3.8) is 0 Å². The minimum absolute atomic E-state index is 0.244. The van der Waals surface area contributed by atoms with E-state index in [1.54, 1.807) is 25.7 Å². The highest BCUT2D eigenvalue weighted by atomic mass is 19.1. The van der Waals surface area contributed by atoms with Gasteiger partial charge in [0.25, 0.3) is 0 Å². The molecule has 2 N–H and O–H groups in total. The summed E-state index contributed by atoms with van der Waals surface area (Å²) in [5.41, 5.74) is 11.4. The van der Waals surface area contributed by atoms with E-state index in [1.807, 2.05) is 48.5 Å². The molecule has 3 heterocycles. The topological polar surface area (TPSA) is 86.3 Å². The van der Waals surface area contributed by atoms with E-state index < -0.39 is 12.2 Å². The number of fused-ring (bicyclic) bond motifs is 1. The summed E-state index contributed by atoms with van der Waals surface area (Å²) >= 11 is 0. The van der Waals surface area contributed by atoms with Crippen molar-refractivity contribution in [2.45, 2.75) is 12.0 Å². The number of hydrogen-bond donors (Lipinski definition) is 1. The summed E-state index contributed by atoms with van der Waals surface area (Å²) in [7, 11) is 1.59. The van der Waals surface area contributed by atoms with Crippen molar-refractivity contribution < 1.29 is 9.13 Å². The van der Waals surface area contributed by atoms with Crippen molar-refractivity contribution in [3.05, 3.63) is 107 Å². The van der Waals surface area contributed by atoms with Crippen molar-refractivity contribution in [1.82, 2.24) is 15.0 Å². The van der Waals surface area contributed by atoms with Gasteiger partial charge in [0.15, 0.2) is 0 Å². The molecule has 0 aliphatic carbocycles. The zero-order valence-corrected chi connectivity index (χ0v) is 18.1. The van der Waals surface area contributed by atoms with Crippen molar-refractivity contribution in [2.24, 2.45) is 10.7 Å². The molecule has 0 saturated carbocycles. The van der Waals surface area contributed by atoms with Crippen molar-refractivity contribution in [3.8, 4) is 16.9 Å². The molecule has 1 atom stereocenters. The van der Waals surface area contributed by atoms with Gasteiger partial charge in [0.2, 0.25) is 0 Å². The Morgan fingerprint density at radius 3 is 2.58 bits per heavy atom. The highest BCUT2D eigenvalue weighted by Gasteiger charge is 2.44. The molecule has 2 aromatic heterocycles. The van der Waals surface area contributed by atoms with Crippen LogP contribution in [0.15, 0.2) is 84.5 Å². The fraction of sp³-hybridized carbons (Fsp3) is 0.154. The third-order valence-corrected chi connectivity index (χ3v) is 5.96. The number of nitrogens with two attached hydrogens (primary N) is 1. The smallest absolute Gasteiger partial charge is 0.146 e. The van der Waals surface area contributed by atoms with Crippen molar-refractivity contribution in [1.29, 1.82) is 0 Å². The fourth-order valence-electron chi connectivity index (χ4n) is 4.47. The average Bonchev–Trinajstić information content (AvgIpc) is 3.18. The van der Waals surface area contributed by atoms with Crippen LogP contribution in [0, 0.1) is 0 Å². The molecule has 33 heavy (non-hydrogen) atoms. The van der Waals surface area contributed by atoms with E-state index in [0.717, 1.165) is 33.4 Å². The van der Waals surface area contributed by atoms with E-state index in [-0.39, 0.29) is 6.42 Å². The molecule has 1 unspecified atom stereocenters. The number of aliphatic imine (C=N–C) groups is 1. The molecule has 5 rings (SSSR count). The molecule has 164 valence electrons. The first-order valence-electron chi connectivity index (χ1n) is 10.6. The third-order valence-electron chi connectivity index (χ3n) is 5.96. The zero-order valence-electron chi connectivity index (χ0n) is 18.1. The lowest BCUT2D eigenvalue weighted by molar-refractivity contribution is 0.404. The van der Waals surface area contributed by atoms with E-state index in [0.29, 0.717) is 17.3 Å². The Morgan fingerprint density at radius 1 is 0.970 bits per heavy atom. The van der Waals surface area contributed by atoms with Crippen LogP contribution in [-0.2, 0) is 12.0 Å². The van der Waals surface area contributed by atoms with Gasteiger partial charge in [-0.15, -0.1) is 0 Å². The highest BCUT2D eigenvalue weighted by Crippen LogP contribution is 2.46. The van der Waals surface area contributed by atoms with E-state index >= 15 is 0 Å². The molecule has 6 nitrogen and oxygen atoms in total. The Hall–Kier alpha value is -4.13. The van der Waals surface area contributed by atoms with Gasteiger partial charge < -0.3 is 10.5 Å². The number of benzene rings is 2. The second-order valence-electron chi connectivity index (χ2n) is 7.78. The molecule has 0 bridgehead atoms. The predicted molar refractivity (Wildman–Crippen MR) is 125 cm³/mol. The average molecular weight is 439 g/mol. The number of hydrogen-bond acceptors (Lipinski definition) is 6. The lowest BCUT2D eigenvalue weighted by Crippen LogP contribution is -2.26. The standard InChI is InChI=1S/C26H22FN5O/c1-33-23-8-7-21(13-18(23)9-10-27)26(22-6-3-11-31-24(22)25(28)32-26)20-5-2-4-17(12-20)19-14-29-16-30-15-19/h2-8,11-16H,9-10H2,1H3,(H2,28,32). The van der Waals surface area contributed by atoms with Crippen LogP contribution in [0.3, 0.4) is 0 Å². The van der Waals surface area contributed by atoms with Crippen LogP contribution in [0.2, 0.25) is 0 Å². The first kappa shape index (κ1) is 20.8. The minimum Gasteiger partial charge on any atom is -0.496 e. The van der Waals surface area contributed by atoms with Crippen LogP contribution in [0.25, 0.3) is 11.1 Å². The number of ether oxygens (including phenoxy) is 1. The number of pyridine rings is 1. The minimum atomic E-state index is -0.934. The van der Waals surface area contributed by atoms with Crippen LogP contribution in [0.4, 0.5) is 4.39 Å². The first-order chi connectivity index (χ1) is 16.2. The number of methoxy groups -OCH3 is 1. The lowest BCUT2D eigenvalue weighted by Gasteiger charge is -2.30. The van der Waals surface area contributed by atoms with E-state index in [2.05, 4.69) is 21.0 Å². The van der Waals surface area contributed by atoms with Gasteiger partial charge in [-0.2, -0.15) is 0 Å². The number of aryl methyl sites for hydroxylation is 1. The fourth-order valence-corrected chi connectivity index (χ4v) is 4.47. The quantitative estimate of drug-likeness (QED) is 0.489. The molecular formula is C26H22FN5O. The van der Waals surface area contributed by atoms with Gasteiger partial charge in [0.1, 0.15) is 29.1 Å². The molecule has 0 fully saturated rings. The van der Waals surface area contributed by atoms with Crippen LogP contribution >= 0.6 is 0 Å². The number of halogens is 1. The summed E-state index contributed by atoms with van der Waals surface area (Å²) in [4.78, 5) is 17.8. The summed E-state index contributed by atoms with van der Waals surface area (Å²) in [6, 6.07) is 17.7. The van der Waals surface area contributed by atoms with Gasteiger partial charge in [-0.05, 0) is 46.5 Å². The third kappa shape index (κ3) is 3.42. The van der Waals surface area contributed by atoms with Crippen LogP contribution in [-0.4, -0.2) is 34.6 Å². The highest BCUT2D eigenvalue weighted by molar-refractivity contribution is 6.01. The number of alkyl halides is 1. The Bertz CT molecular complexity index is 1340. The summed E-state index contributed by atoms with van der Waals surface area (Å²) in [6.45, 7) is -0.486. The summed E-state index contributed by atoms with van der Waals surface area (Å²) in [5, 5.41) is 0. The molecule has 1 aliphatic heterocycles. The van der Waals surface area contributed by atoms with Gasteiger partial charge >= 0.3 is 0 Å². The number of rotatable bonds is 6. The molecule has 0 radical (unpaired) electrons. The van der Waals surface area contributed by atoms with E-state index in [9.17, 15) is 4.39 Å². The second-order valence-corrected chi connectivity index (χ2v) is 7.78. The van der Waals surface area contributed by atoms with Gasteiger partial charge in [0, 0.05) is 36.1 Å². The molecule has 0 spiro atoms. The zero-order chi connectivity index (χ0) is 22.8. The maximum Gasteiger partial charge on any atom is 0.146 e. The maximum atomic E-state index is 13.3. The molecule has 7 heteroatoms. The largest absolute Gasteiger partial charge is 0.496 e. The number of nitrogens with zero attached hydrogens (tertiary/aromatic N) is 4. The van der Waals surface area contributed by atoms with E-state index in [1.165, 1.54) is 6.33 Å². The Morgan fingerprint density at radius 2 is 1.79 bits per heavy atom. The second kappa shape index (κ2) is 8.43. The van der Waals surface area contributed by atoms with Gasteiger partial charge in [-0.3, -0.25) is 9.37 Å². The summed E-state index contributed by atoms with van der Waals surface area (Å²) in [5.74, 6) is 1.00. The summed E-state index contributed by atoms with van der Waals surface area (Å²) in [6.07, 6.45) is 6.99. The van der Waals surface area contributed by atoms with Crippen LogP contribution in [0.1, 0.15) is 27.9 Å². The van der Waals surface area contributed by atoms with E-state index in [4.69, 9.17) is 15.5 Å². The predicted octanol–water partition coefficient (Wildman–Crippen LogP) is 4.07.